The lowest BCUT2D eigenvalue weighted by atomic mass is 10.0. The van der Waals surface area contributed by atoms with E-state index in [2.05, 4.69) is 21.6 Å². The Balaban J connectivity index is 1.38. The van der Waals surface area contributed by atoms with Gasteiger partial charge in [0.1, 0.15) is 5.75 Å². The third kappa shape index (κ3) is 5.30. The van der Waals surface area contributed by atoms with Crippen LogP contribution in [0.15, 0.2) is 120 Å². The number of pyridine rings is 1. The Morgan fingerprint density at radius 1 is 0.850 bits per heavy atom. The highest BCUT2D eigenvalue weighted by Gasteiger charge is 2.20. The number of hydrogen-bond acceptors (Lipinski definition) is 6. The van der Waals surface area contributed by atoms with Crippen molar-refractivity contribution in [2.24, 2.45) is 0 Å². The first-order valence-corrected chi connectivity index (χ1v) is 13.7. The van der Waals surface area contributed by atoms with E-state index in [0.29, 0.717) is 16.7 Å². The quantitative estimate of drug-likeness (QED) is 0.211. The van der Waals surface area contributed by atoms with E-state index in [9.17, 15) is 4.79 Å². The molecule has 0 bridgehead atoms. The Morgan fingerprint density at radius 3 is 2.30 bits per heavy atom. The zero-order valence-electron chi connectivity index (χ0n) is 21.7. The van der Waals surface area contributed by atoms with Crippen molar-refractivity contribution in [3.05, 3.63) is 115 Å². The molecule has 0 saturated carbocycles. The second-order valence-electron chi connectivity index (χ2n) is 8.98. The largest absolute Gasteiger partial charge is 0.497 e. The summed E-state index contributed by atoms with van der Waals surface area (Å²) in [7, 11) is 1.61. The summed E-state index contributed by atoms with van der Waals surface area (Å²) in [5, 5.41) is 13.7. The van der Waals surface area contributed by atoms with Crippen LogP contribution in [0.2, 0.25) is 0 Å². The zero-order chi connectivity index (χ0) is 27.3. The van der Waals surface area contributed by atoms with Gasteiger partial charge in [0.2, 0.25) is 5.91 Å². The highest BCUT2D eigenvalue weighted by Crippen LogP contribution is 2.34. The first-order chi connectivity index (χ1) is 19.7. The normalized spacial score (nSPS) is 10.9. The molecule has 2 heterocycles. The zero-order valence-corrected chi connectivity index (χ0v) is 22.5. The topological polar surface area (TPSA) is 81.9 Å². The first kappa shape index (κ1) is 25.3. The molecule has 2 aromatic heterocycles. The molecule has 1 amide bonds. The van der Waals surface area contributed by atoms with Crippen molar-refractivity contribution in [1.29, 1.82) is 0 Å². The van der Waals surface area contributed by atoms with Crippen molar-refractivity contribution < 1.29 is 9.53 Å². The van der Waals surface area contributed by atoms with Crippen LogP contribution in [0.1, 0.15) is 0 Å². The number of fused-ring (bicyclic) bond motifs is 1. The van der Waals surface area contributed by atoms with Gasteiger partial charge in [-0.15, -0.1) is 10.2 Å². The van der Waals surface area contributed by atoms with Gasteiger partial charge in [0.05, 0.1) is 24.1 Å². The molecule has 196 valence electrons. The SMILES string of the molecule is COc1ccc(NC(=O)CSc2nnc(-c3cc(-c4ccccc4)nc4ccccc34)n2-c2ccccc2)cc1. The fraction of sp³-hybridized carbons (Fsp3) is 0.0625. The number of para-hydroxylation sites is 2. The average molecular weight is 544 g/mol. The molecule has 0 spiro atoms. The van der Waals surface area contributed by atoms with Crippen LogP contribution < -0.4 is 10.1 Å². The minimum atomic E-state index is -0.139. The summed E-state index contributed by atoms with van der Waals surface area (Å²) in [6.45, 7) is 0. The molecule has 0 aliphatic heterocycles. The summed E-state index contributed by atoms with van der Waals surface area (Å²) in [5.74, 6) is 1.44. The Labute approximate surface area is 235 Å². The average Bonchev–Trinajstić information content (AvgIpc) is 3.44. The van der Waals surface area contributed by atoms with Gasteiger partial charge in [0, 0.05) is 27.9 Å². The minimum absolute atomic E-state index is 0.139. The van der Waals surface area contributed by atoms with Crippen LogP contribution in [-0.4, -0.2) is 38.5 Å². The number of benzene rings is 4. The molecule has 0 atom stereocenters. The molecule has 0 radical (unpaired) electrons. The highest BCUT2D eigenvalue weighted by molar-refractivity contribution is 7.99. The lowest BCUT2D eigenvalue weighted by Gasteiger charge is -2.13. The number of nitrogens with one attached hydrogen (secondary N) is 1. The fourth-order valence-corrected chi connectivity index (χ4v) is 5.22. The molecule has 8 heteroatoms. The van der Waals surface area contributed by atoms with Gasteiger partial charge in [-0.2, -0.15) is 0 Å². The Bertz CT molecular complexity index is 1770. The van der Waals surface area contributed by atoms with Crippen LogP contribution in [0, 0.1) is 0 Å². The Hall–Kier alpha value is -4.95. The molecular weight excluding hydrogens is 518 g/mol. The first-order valence-electron chi connectivity index (χ1n) is 12.7. The molecule has 0 fully saturated rings. The van der Waals surface area contributed by atoms with Gasteiger partial charge in [-0.1, -0.05) is 78.5 Å². The Kier molecular flexibility index (Phi) is 7.24. The number of nitrogens with zero attached hydrogens (tertiary/aromatic N) is 4. The minimum Gasteiger partial charge on any atom is -0.497 e. The number of aromatic nitrogens is 4. The summed E-state index contributed by atoms with van der Waals surface area (Å²) < 4.78 is 7.20. The molecule has 7 nitrogen and oxygen atoms in total. The van der Waals surface area contributed by atoms with Crippen LogP contribution in [0.4, 0.5) is 5.69 Å². The van der Waals surface area contributed by atoms with Gasteiger partial charge in [0.25, 0.3) is 0 Å². The molecule has 0 unspecified atom stereocenters. The molecule has 40 heavy (non-hydrogen) atoms. The standard InChI is InChI=1S/C32H25N5O2S/c1-39-25-18-16-23(17-19-25)33-30(38)21-40-32-36-35-31(37(32)24-12-6-3-7-13-24)27-20-29(22-10-4-2-5-11-22)34-28-15-9-8-14-26(27)28/h2-20H,21H2,1H3,(H,33,38). The third-order valence-corrected chi connectivity index (χ3v) is 7.31. The monoisotopic (exact) mass is 543 g/mol. The molecule has 0 saturated heterocycles. The van der Waals surface area contributed by atoms with Crippen LogP contribution in [0.3, 0.4) is 0 Å². The van der Waals surface area contributed by atoms with Gasteiger partial charge in [-0.3, -0.25) is 9.36 Å². The van der Waals surface area contributed by atoms with E-state index in [1.54, 1.807) is 7.11 Å². The van der Waals surface area contributed by atoms with E-state index >= 15 is 0 Å². The fourth-order valence-electron chi connectivity index (χ4n) is 4.47. The van der Waals surface area contributed by atoms with Gasteiger partial charge in [0.15, 0.2) is 11.0 Å². The van der Waals surface area contributed by atoms with E-state index in [-0.39, 0.29) is 11.7 Å². The summed E-state index contributed by atoms with van der Waals surface area (Å²) in [5.41, 5.74) is 5.26. The maximum atomic E-state index is 12.8. The van der Waals surface area contributed by atoms with Crippen molar-refractivity contribution in [1.82, 2.24) is 19.7 Å². The van der Waals surface area contributed by atoms with Crippen LogP contribution in [0.5, 0.6) is 5.75 Å². The summed E-state index contributed by atoms with van der Waals surface area (Å²) in [4.78, 5) is 17.7. The van der Waals surface area contributed by atoms with Crippen LogP contribution in [-0.2, 0) is 4.79 Å². The van der Waals surface area contributed by atoms with E-state index in [4.69, 9.17) is 9.72 Å². The van der Waals surface area contributed by atoms with Crippen LogP contribution in [0.25, 0.3) is 39.2 Å². The predicted molar refractivity (Wildman–Crippen MR) is 160 cm³/mol. The predicted octanol–water partition coefficient (Wildman–Crippen LogP) is 6.89. The van der Waals surface area contributed by atoms with E-state index in [1.165, 1.54) is 11.8 Å². The number of amides is 1. The number of methoxy groups -OCH3 is 1. The lowest BCUT2D eigenvalue weighted by Crippen LogP contribution is -2.14. The van der Waals surface area contributed by atoms with Crippen molar-refractivity contribution in [3.63, 3.8) is 0 Å². The van der Waals surface area contributed by atoms with Crippen molar-refractivity contribution in [2.45, 2.75) is 5.16 Å². The van der Waals surface area contributed by atoms with Crippen molar-refractivity contribution in [3.8, 4) is 34.1 Å². The van der Waals surface area contributed by atoms with E-state index in [0.717, 1.165) is 39.2 Å². The maximum absolute atomic E-state index is 12.8. The molecule has 6 aromatic rings. The Morgan fingerprint density at radius 2 is 1.55 bits per heavy atom. The number of anilines is 1. The number of carbonyl (C=O) groups excluding carboxylic acids is 1. The molecule has 6 rings (SSSR count). The van der Waals surface area contributed by atoms with Gasteiger partial charge >= 0.3 is 0 Å². The van der Waals surface area contributed by atoms with Crippen molar-refractivity contribution in [2.75, 3.05) is 18.2 Å². The molecule has 1 N–H and O–H groups in total. The number of rotatable bonds is 8. The lowest BCUT2D eigenvalue weighted by molar-refractivity contribution is -0.113. The summed E-state index contributed by atoms with van der Waals surface area (Å²) in [6.07, 6.45) is 0. The van der Waals surface area contributed by atoms with Gasteiger partial charge in [-0.05, 0) is 48.5 Å². The van der Waals surface area contributed by atoms with Crippen LogP contribution >= 0.6 is 11.8 Å². The number of thioether (sulfide) groups is 1. The summed E-state index contributed by atoms with van der Waals surface area (Å²) in [6, 6.07) is 37.4. The second-order valence-corrected chi connectivity index (χ2v) is 9.92. The summed E-state index contributed by atoms with van der Waals surface area (Å²) >= 11 is 1.34. The smallest absolute Gasteiger partial charge is 0.234 e. The maximum Gasteiger partial charge on any atom is 0.234 e. The molecule has 4 aromatic carbocycles. The number of carbonyl (C=O) groups is 1. The van der Waals surface area contributed by atoms with Crippen molar-refractivity contribution >= 4 is 34.3 Å². The van der Waals surface area contributed by atoms with E-state index in [1.807, 2.05) is 114 Å². The number of hydrogen-bond donors (Lipinski definition) is 1. The number of ether oxygens (including phenoxy) is 1. The third-order valence-electron chi connectivity index (χ3n) is 6.38. The van der Waals surface area contributed by atoms with Gasteiger partial charge < -0.3 is 10.1 Å². The molecule has 0 aliphatic rings. The van der Waals surface area contributed by atoms with Gasteiger partial charge in [-0.25, -0.2) is 4.98 Å². The molecular formula is C32H25N5O2S. The highest BCUT2D eigenvalue weighted by atomic mass is 32.2. The van der Waals surface area contributed by atoms with E-state index < -0.39 is 0 Å². The molecule has 0 aliphatic carbocycles. The second kappa shape index (κ2) is 11.4.